The van der Waals surface area contributed by atoms with Crippen molar-refractivity contribution in [3.8, 4) is 22.5 Å². The van der Waals surface area contributed by atoms with Crippen LogP contribution in [0.5, 0.6) is 0 Å². The van der Waals surface area contributed by atoms with Gasteiger partial charge in [0.15, 0.2) is 0 Å². The molecule has 64 heavy (non-hydrogen) atoms. The van der Waals surface area contributed by atoms with Gasteiger partial charge in [-0.15, -0.1) is 10.0 Å². The highest BCUT2D eigenvalue weighted by Gasteiger charge is 2.33. The lowest BCUT2D eigenvalue weighted by atomic mass is 10.1. The predicted octanol–water partition coefficient (Wildman–Crippen LogP) is 16.2. The molecular weight excluding hydrogens is 799 g/mol. The van der Waals surface area contributed by atoms with E-state index in [0.29, 0.717) is 5.71 Å². The maximum atomic E-state index is 6.41. The van der Waals surface area contributed by atoms with Crippen LogP contribution < -0.4 is 0 Å². The monoisotopic (exact) mass is 837 g/mol. The number of benzene rings is 9. The van der Waals surface area contributed by atoms with Crippen LogP contribution in [0.25, 0.3) is 88.2 Å². The second-order valence-corrected chi connectivity index (χ2v) is 19.5. The Morgan fingerprint density at radius 3 is 1.31 bits per heavy atom. The SMILES string of the molecule is c1ccc(S(c2ccccc2)(c2ccccc2)c2ccc(-c3cnc4oc5ccc(-n6c7ccccc7c7cc(-n8c9ccccc9c9ccccc98)ccc76)cc5c4c3)cc2)cc1. The first-order valence-electron chi connectivity index (χ1n) is 21.7. The summed E-state index contributed by atoms with van der Waals surface area (Å²) in [4.78, 5) is 10.1. The zero-order valence-corrected chi connectivity index (χ0v) is 35.5. The molecule has 9 aromatic carbocycles. The van der Waals surface area contributed by atoms with Gasteiger partial charge in [0, 0.05) is 75.0 Å². The van der Waals surface area contributed by atoms with E-state index in [9.17, 15) is 0 Å². The number of rotatable bonds is 7. The zero-order chi connectivity index (χ0) is 42.2. The average molecular weight is 838 g/mol. The smallest absolute Gasteiger partial charge is 0.227 e. The second-order valence-electron chi connectivity index (χ2n) is 16.4. The molecule has 0 aliphatic carbocycles. The van der Waals surface area contributed by atoms with Gasteiger partial charge in [-0.1, -0.05) is 121 Å². The quantitative estimate of drug-likeness (QED) is 0.160. The van der Waals surface area contributed by atoms with Gasteiger partial charge in [0.25, 0.3) is 0 Å². The molecule has 0 aliphatic heterocycles. The summed E-state index contributed by atoms with van der Waals surface area (Å²) in [5, 5.41) is 6.96. The van der Waals surface area contributed by atoms with E-state index in [1.54, 1.807) is 0 Å². The molecule has 13 rings (SSSR count). The minimum absolute atomic E-state index is 0.631. The Labute approximate surface area is 371 Å². The lowest BCUT2D eigenvalue weighted by Gasteiger charge is -2.42. The summed E-state index contributed by atoms with van der Waals surface area (Å²) < 4.78 is 11.2. The van der Waals surface area contributed by atoms with Gasteiger partial charge in [0.1, 0.15) is 5.58 Å². The molecule has 0 bridgehead atoms. The van der Waals surface area contributed by atoms with Crippen LogP contribution >= 0.6 is 10.0 Å². The Hall–Kier alpha value is -8.12. The first-order chi connectivity index (χ1) is 31.7. The molecule has 4 nitrogen and oxygen atoms in total. The summed E-state index contributed by atoms with van der Waals surface area (Å²) >= 11 is 0. The molecule has 0 radical (unpaired) electrons. The maximum absolute atomic E-state index is 6.41. The van der Waals surface area contributed by atoms with Crippen molar-refractivity contribution in [2.75, 3.05) is 0 Å². The van der Waals surface area contributed by atoms with Crippen molar-refractivity contribution in [2.24, 2.45) is 0 Å². The largest absolute Gasteiger partial charge is 0.438 e. The zero-order valence-electron chi connectivity index (χ0n) is 34.7. The van der Waals surface area contributed by atoms with E-state index in [4.69, 9.17) is 9.40 Å². The lowest BCUT2D eigenvalue weighted by molar-refractivity contribution is 0.654. The summed E-state index contributed by atoms with van der Waals surface area (Å²) in [6.07, 6.45) is 1.94. The minimum Gasteiger partial charge on any atom is -0.438 e. The van der Waals surface area contributed by atoms with Crippen LogP contribution in [0.4, 0.5) is 0 Å². The molecular formula is C59H39N3OS. The fraction of sp³-hybridized carbons (Fsp3) is 0. The van der Waals surface area contributed by atoms with E-state index in [0.717, 1.165) is 49.9 Å². The predicted molar refractivity (Wildman–Crippen MR) is 266 cm³/mol. The Morgan fingerprint density at radius 1 is 0.328 bits per heavy atom. The fourth-order valence-corrected chi connectivity index (χ4v) is 13.9. The van der Waals surface area contributed by atoms with Crippen molar-refractivity contribution in [2.45, 2.75) is 19.6 Å². The highest BCUT2D eigenvalue weighted by molar-refractivity contribution is 8.34. The molecule has 0 aliphatic rings. The van der Waals surface area contributed by atoms with E-state index in [1.165, 1.54) is 52.2 Å². The number of pyridine rings is 1. The first-order valence-corrected chi connectivity index (χ1v) is 23.3. The van der Waals surface area contributed by atoms with Gasteiger partial charge in [-0.05, 0) is 115 Å². The summed E-state index contributed by atoms with van der Waals surface area (Å²) in [6.45, 7) is 0. The van der Waals surface area contributed by atoms with Crippen LogP contribution in [0, 0.1) is 0 Å². The molecule has 0 saturated heterocycles. The number of hydrogen-bond donors (Lipinski definition) is 0. The van der Waals surface area contributed by atoms with E-state index >= 15 is 0 Å². The van der Waals surface area contributed by atoms with E-state index < -0.39 is 10.0 Å². The number of hydrogen-bond acceptors (Lipinski definition) is 2. The number of fused-ring (bicyclic) bond motifs is 9. The van der Waals surface area contributed by atoms with Gasteiger partial charge in [-0.3, -0.25) is 0 Å². The highest BCUT2D eigenvalue weighted by atomic mass is 32.3. The van der Waals surface area contributed by atoms with E-state index in [1.807, 2.05) is 6.20 Å². The first kappa shape index (κ1) is 36.5. The number of para-hydroxylation sites is 3. The lowest BCUT2D eigenvalue weighted by Crippen LogP contribution is -2.05. The third-order valence-corrected chi connectivity index (χ3v) is 16.8. The third kappa shape index (κ3) is 5.48. The summed E-state index contributed by atoms with van der Waals surface area (Å²) in [7, 11) is -1.79. The van der Waals surface area contributed by atoms with Crippen molar-refractivity contribution >= 4 is 75.7 Å². The molecule has 0 unspecified atom stereocenters. The van der Waals surface area contributed by atoms with E-state index in [2.05, 4.69) is 240 Å². The van der Waals surface area contributed by atoms with Gasteiger partial charge in [0.05, 0.1) is 22.1 Å². The molecule has 0 saturated carbocycles. The fourth-order valence-electron chi connectivity index (χ4n) is 10.1. The van der Waals surface area contributed by atoms with Crippen LogP contribution in [-0.4, -0.2) is 14.1 Å². The van der Waals surface area contributed by atoms with Gasteiger partial charge < -0.3 is 13.6 Å². The molecule has 4 aromatic heterocycles. The Balaban J connectivity index is 0.931. The Morgan fingerprint density at radius 2 is 0.766 bits per heavy atom. The van der Waals surface area contributed by atoms with Crippen LogP contribution in [0.2, 0.25) is 0 Å². The maximum Gasteiger partial charge on any atom is 0.227 e. The summed E-state index contributed by atoms with van der Waals surface area (Å²) in [5.41, 5.74) is 10.5. The van der Waals surface area contributed by atoms with Crippen molar-refractivity contribution in [3.63, 3.8) is 0 Å². The van der Waals surface area contributed by atoms with Crippen molar-refractivity contribution in [1.82, 2.24) is 14.1 Å². The topological polar surface area (TPSA) is 35.9 Å². The molecule has 13 aromatic rings. The van der Waals surface area contributed by atoms with Gasteiger partial charge in [-0.2, -0.15) is 0 Å². The number of aromatic nitrogens is 3. The summed E-state index contributed by atoms with van der Waals surface area (Å²) in [5.74, 6) is 0. The number of furan rings is 1. The van der Waals surface area contributed by atoms with Gasteiger partial charge in [0.2, 0.25) is 5.71 Å². The van der Waals surface area contributed by atoms with Crippen LogP contribution in [-0.2, 0) is 0 Å². The molecule has 302 valence electrons. The van der Waals surface area contributed by atoms with Crippen molar-refractivity contribution < 1.29 is 4.42 Å². The highest BCUT2D eigenvalue weighted by Crippen LogP contribution is 2.73. The molecule has 0 amide bonds. The second kappa shape index (κ2) is 14.5. The van der Waals surface area contributed by atoms with E-state index in [-0.39, 0.29) is 0 Å². The standard InChI is InChI=1S/C59H39N3OS/c1-4-16-44(17-5-1)64(45-18-6-2-7-19-45,46-20-8-3-9-21-46)47-32-28-40(29-33-47)41-36-53-52-38-43(31-35-58(52)63-59(53)60-39-41)62-56-27-15-12-24-50(56)51-37-42(30-34-57(51)62)61-54-25-13-10-22-48(54)49-23-11-14-26-55(49)61/h1-39H. The minimum atomic E-state index is -1.79. The van der Waals surface area contributed by atoms with Gasteiger partial charge in [-0.25, -0.2) is 4.98 Å². The molecule has 0 atom stereocenters. The molecule has 5 heteroatoms. The molecule has 0 N–H and O–H groups in total. The summed E-state index contributed by atoms with van der Waals surface area (Å²) in [6, 6.07) is 83.8. The average Bonchev–Trinajstić information content (AvgIpc) is 4.02. The van der Waals surface area contributed by atoms with Crippen LogP contribution in [0.3, 0.4) is 0 Å². The van der Waals surface area contributed by atoms with Crippen LogP contribution in [0.1, 0.15) is 0 Å². The molecule has 0 spiro atoms. The molecule has 4 heterocycles. The van der Waals surface area contributed by atoms with Crippen molar-refractivity contribution in [3.05, 3.63) is 237 Å². The molecule has 0 fully saturated rings. The van der Waals surface area contributed by atoms with Gasteiger partial charge >= 0.3 is 0 Å². The van der Waals surface area contributed by atoms with Crippen molar-refractivity contribution in [1.29, 1.82) is 0 Å². The normalized spacial score (nSPS) is 12.3. The number of nitrogens with zero attached hydrogens (tertiary/aromatic N) is 3. The third-order valence-electron chi connectivity index (χ3n) is 12.9. The Kier molecular flexibility index (Phi) is 8.27. The Bertz CT molecular complexity index is 3740. The van der Waals surface area contributed by atoms with Crippen LogP contribution in [0.15, 0.2) is 261 Å².